The summed E-state index contributed by atoms with van der Waals surface area (Å²) in [7, 11) is 0. The van der Waals surface area contributed by atoms with Crippen LogP contribution in [0.25, 0.3) is 15.9 Å². The van der Waals surface area contributed by atoms with E-state index in [-0.39, 0.29) is 17.5 Å². The van der Waals surface area contributed by atoms with E-state index in [0.717, 1.165) is 19.3 Å². The molecular formula is C18H19N3O2S. The molecule has 0 bridgehead atoms. The molecule has 1 amide bonds. The molecule has 0 unspecified atom stereocenters. The van der Waals surface area contributed by atoms with Gasteiger partial charge in [-0.2, -0.15) is 0 Å². The van der Waals surface area contributed by atoms with E-state index in [0.29, 0.717) is 26.7 Å². The maximum Gasteiger partial charge on any atom is 0.266 e. The minimum Gasteiger partial charge on any atom is -0.348 e. The van der Waals surface area contributed by atoms with Crippen molar-refractivity contribution in [2.75, 3.05) is 0 Å². The van der Waals surface area contributed by atoms with Gasteiger partial charge in [0.1, 0.15) is 10.5 Å². The second-order valence-electron chi connectivity index (χ2n) is 6.52. The summed E-state index contributed by atoms with van der Waals surface area (Å²) in [5, 5.41) is 3.65. The van der Waals surface area contributed by atoms with E-state index in [1.54, 1.807) is 24.4 Å². The van der Waals surface area contributed by atoms with E-state index < -0.39 is 0 Å². The first-order chi connectivity index (χ1) is 11.6. The van der Waals surface area contributed by atoms with Crippen molar-refractivity contribution < 1.29 is 4.79 Å². The molecule has 0 spiro atoms. The molecule has 1 aliphatic rings. The summed E-state index contributed by atoms with van der Waals surface area (Å²) in [6.45, 7) is 2.19. The van der Waals surface area contributed by atoms with E-state index >= 15 is 0 Å². The van der Waals surface area contributed by atoms with Gasteiger partial charge in [-0.15, -0.1) is 11.3 Å². The zero-order valence-corrected chi connectivity index (χ0v) is 14.3. The van der Waals surface area contributed by atoms with Gasteiger partial charge in [0.05, 0.1) is 10.3 Å². The average Bonchev–Trinajstić information content (AvgIpc) is 3.02. The van der Waals surface area contributed by atoms with Crippen LogP contribution < -0.4 is 10.9 Å². The van der Waals surface area contributed by atoms with Crippen LogP contribution in [-0.4, -0.2) is 21.3 Å². The van der Waals surface area contributed by atoms with Crippen molar-refractivity contribution in [1.82, 2.24) is 14.7 Å². The van der Waals surface area contributed by atoms with Crippen LogP contribution in [0.1, 0.15) is 42.3 Å². The van der Waals surface area contributed by atoms with Gasteiger partial charge in [-0.25, -0.2) is 4.98 Å². The van der Waals surface area contributed by atoms with Gasteiger partial charge in [-0.3, -0.25) is 14.0 Å². The molecule has 4 rings (SSSR count). The Morgan fingerprint density at radius 3 is 3.00 bits per heavy atom. The monoisotopic (exact) mass is 341 g/mol. The Morgan fingerprint density at radius 1 is 1.33 bits per heavy atom. The normalized spacial score (nSPS) is 21.2. The van der Waals surface area contributed by atoms with Crippen LogP contribution in [0.5, 0.6) is 0 Å². The third kappa shape index (κ3) is 2.60. The topological polar surface area (TPSA) is 63.5 Å². The zero-order valence-electron chi connectivity index (χ0n) is 13.5. The van der Waals surface area contributed by atoms with Crippen LogP contribution in [0.2, 0.25) is 0 Å². The minimum atomic E-state index is -0.128. The van der Waals surface area contributed by atoms with E-state index in [1.165, 1.54) is 22.2 Å². The summed E-state index contributed by atoms with van der Waals surface area (Å²) in [4.78, 5) is 30.8. The fourth-order valence-electron chi connectivity index (χ4n) is 3.43. The standard InChI is InChI=1S/C18H19N3O2S/c1-11-6-2-3-7-13(11)19-16(22)14-10-12-17(24-14)20-15-8-4-5-9-21(15)18(12)23/h4-5,8-11,13H,2-3,6-7H2,1H3,(H,19,22)/t11-,13-/m1/s1. The van der Waals surface area contributed by atoms with Gasteiger partial charge in [0, 0.05) is 12.2 Å². The summed E-state index contributed by atoms with van der Waals surface area (Å²) >= 11 is 1.29. The number of fused-ring (bicyclic) bond motifs is 2. The molecule has 2 atom stereocenters. The maximum atomic E-state index is 12.6. The molecule has 0 aromatic carbocycles. The number of hydrogen-bond donors (Lipinski definition) is 1. The van der Waals surface area contributed by atoms with Crippen LogP contribution in [-0.2, 0) is 0 Å². The van der Waals surface area contributed by atoms with Crippen LogP contribution in [0, 0.1) is 5.92 Å². The summed E-state index contributed by atoms with van der Waals surface area (Å²) in [6.07, 6.45) is 6.29. The predicted octanol–water partition coefficient (Wildman–Crippen LogP) is 3.22. The average molecular weight is 341 g/mol. The molecule has 1 saturated carbocycles. The Hall–Kier alpha value is -2.21. The number of carbonyl (C=O) groups is 1. The second kappa shape index (κ2) is 6.02. The van der Waals surface area contributed by atoms with E-state index in [1.807, 2.05) is 6.07 Å². The molecule has 1 N–H and O–H groups in total. The lowest BCUT2D eigenvalue weighted by Gasteiger charge is -2.29. The molecule has 1 fully saturated rings. The van der Waals surface area contributed by atoms with Crippen molar-refractivity contribution in [2.45, 2.75) is 38.6 Å². The Balaban J connectivity index is 1.69. The van der Waals surface area contributed by atoms with Crippen molar-refractivity contribution in [2.24, 2.45) is 5.92 Å². The molecule has 3 heterocycles. The summed E-state index contributed by atoms with van der Waals surface area (Å²) in [6, 6.07) is 7.34. The number of aromatic nitrogens is 2. The van der Waals surface area contributed by atoms with Crippen molar-refractivity contribution in [3.8, 4) is 0 Å². The zero-order chi connectivity index (χ0) is 16.7. The van der Waals surface area contributed by atoms with Gasteiger partial charge in [-0.05, 0) is 37.0 Å². The highest BCUT2D eigenvalue weighted by molar-refractivity contribution is 7.20. The molecule has 3 aromatic rings. The molecule has 124 valence electrons. The largest absolute Gasteiger partial charge is 0.348 e. The van der Waals surface area contributed by atoms with Crippen LogP contribution in [0.3, 0.4) is 0 Å². The number of nitrogens with one attached hydrogen (secondary N) is 1. The Kier molecular flexibility index (Phi) is 3.84. The Labute approximate surface area is 143 Å². The summed E-state index contributed by atoms with van der Waals surface area (Å²) in [5.74, 6) is 0.411. The lowest BCUT2D eigenvalue weighted by Crippen LogP contribution is -2.40. The maximum absolute atomic E-state index is 12.6. The molecule has 6 heteroatoms. The molecule has 5 nitrogen and oxygen atoms in total. The van der Waals surface area contributed by atoms with Crippen LogP contribution in [0.4, 0.5) is 0 Å². The lowest BCUT2D eigenvalue weighted by molar-refractivity contribution is 0.0914. The van der Waals surface area contributed by atoms with Gasteiger partial charge < -0.3 is 5.32 Å². The van der Waals surface area contributed by atoms with Crippen molar-refractivity contribution in [1.29, 1.82) is 0 Å². The van der Waals surface area contributed by atoms with Gasteiger partial charge in [0.25, 0.3) is 11.5 Å². The fourth-order valence-corrected chi connectivity index (χ4v) is 4.36. The molecule has 0 aliphatic heterocycles. The highest BCUT2D eigenvalue weighted by Crippen LogP contribution is 2.26. The lowest BCUT2D eigenvalue weighted by atomic mass is 9.86. The first-order valence-electron chi connectivity index (χ1n) is 8.35. The van der Waals surface area contributed by atoms with Crippen molar-refractivity contribution in [3.63, 3.8) is 0 Å². The quantitative estimate of drug-likeness (QED) is 0.778. The van der Waals surface area contributed by atoms with Gasteiger partial charge >= 0.3 is 0 Å². The number of rotatable bonds is 2. The highest BCUT2D eigenvalue weighted by atomic mass is 32.1. The number of pyridine rings is 1. The number of nitrogens with zero attached hydrogens (tertiary/aromatic N) is 2. The van der Waals surface area contributed by atoms with Crippen LogP contribution >= 0.6 is 11.3 Å². The number of amides is 1. The number of carbonyl (C=O) groups excluding carboxylic acids is 1. The smallest absolute Gasteiger partial charge is 0.266 e. The first kappa shape index (κ1) is 15.3. The fraction of sp³-hybridized carbons (Fsp3) is 0.389. The second-order valence-corrected chi connectivity index (χ2v) is 7.55. The van der Waals surface area contributed by atoms with E-state index in [9.17, 15) is 9.59 Å². The third-order valence-electron chi connectivity index (χ3n) is 4.87. The van der Waals surface area contributed by atoms with Crippen molar-refractivity contribution >= 4 is 33.1 Å². The molecule has 0 saturated heterocycles. The summed E-state index contributed by atoms with van der Waals surface area (Å²) < 4.78 is 1.51. The number of thiophene rings is 1. The van der Waals surface area contributed by atoms with Gasteiger partial charge in [0.2, 0.25) is 0 Å². The number of hydrogen-bond acceptors (Lipinski definition) is 4. The van der Waals surface area contributed by atoms with Gasteiger partial charge in [0.15, 0.2) is 0 Å². The molecule has 0 radical (unpaired) electrons. The highest BCUT2D eigenvalue weighted by Gasteiger charge is 2.24. The van der Waals surface area contributed by atoms with E-state index in [4.69, 9.17) is 0 Å². The molecule has 24 heavy (non-hydrogen) atoms. The van der Waals surface area contributed by atoms with Crippen molar-refractivity contribution in [3.05, 3.63) is 45.7 Å². The Morgan fingerprint density at radius 2 is 2.17 bits per heavy atom. The van der Waals surface area contributed by atoms with E-state index in [2.05, 4.69) is 17.2 Å². The minimum absolute atomic E-state index is 0.0924. The third-order valence-corrected chi connectivity index (χ3v) is 5.90. The van der Waals surface area contributed by atoms with Crippen LogP contribution in [0.15, 0.2) is 35.3 Å². The first-order valence-corrected chi connectivity index (χ1v) is 9.17. The summed E-state index contributed by atoms with van der Waals surface area (Å²) in [5.41, 5.74) is 0.474. The predicted molar refractivity (Wildman–Crippen MR) is 95.7 cm³/mol. The SMILES string of the molecule is C[C@@H]1CCCC[C@H]1NC(=O)c1cc2c(=O)n3ccccc3nc2s1. The molecule has 1 aliphatic carbocycles. The molecular weight excluding hydrogens is 322 g/mol. The Bertz CT molecular complexity index is 975. The molecule has 3 aromatic heterocycles. The van der Waals surface area contributed by atoms with Gasteiger partial charge in [-0.1, -0.05) is 25.8 Å².